The van der Waals surface area contributed by atoms with E-state index in [9.17, 15) is 0 Å². The Morgan fingerprint density at radius 3 is 2.53 bits per heavy atom. The van der Waals surface area contributed by atoms with Crippen LogP contribution in [0.15, 0.2) is 42.7 Å². The number of anilines is 2. The Bertz CT molecular complexity index is 490. The molecule has 2 N–H and O–H groups in total. The summed E-state index contributed by atoms with van der Waals surface area (Å²) in [7, 11) is 0. The summed E-state index contributed by atoms with van der Waals surface area (Å²) >= 11 is 0. The number of hydrogen-bond acceptors (Lipinski definition) is 5. The first-order chi connectivity index (χ1) is 9.38. The van der Waals surface area contributed by atoms with Crippen molar-refractivity contribution in [2.24, 2.45) is 0 Å². The van der Waals surface area contributed by atoms with Gasteiger partial charge < -0.3 is 15.4 Å². The van der Waals surface area contributed by atoms with Crippen molar-refractivity contribution >= 4 is 11.6 Å². The average molecular weight is 258 g/mol. The molecule has 0 aliphatic heterocycles. The minimum Gasteiger partial charge on any atom is -0.492 e. The van der Waals surface area contributed by atoms with E-state index in [1.54, 1.807) is 12.4 Å². The molecule has 2 aromatic rings. The number of aromatic nitrogens is 2. The first-order valence-corrected chi connectivity index (χ1v) is 6.36. The zero-order valence-corrected chi connectivity index (χ0v) is 11.0. The topological polar surface area (TPSA) is 59.1 Å². The lowest BCUT2D eigenvalue weighted by Gasteiger charge is -2.08. The predicted molar refractivity (Wildman–Crippen MR) is 76.6 cm³/mol. The highest BCUT2D eigenvalue weighted by Gasteiger charge is 1.97. The Hall–Kier alpha value is -2.30. The second-order valence-electron chi connectivity index (χ2n) is 3.91. The SMILES string of the molecule is CCNc1cncc(NCCOc2ccccc2)n1. The Balaban J connectivity index is 1.75. The van der Waals surface area contributed by atoms with Gasteiger partial charge in [-0.1, -0.05) is 18.2 Å². The number of rotatable bonds is 7. The van der Waals surface area contributed by atoms with Gasteiger partial charge in [-0.15, -0.1) is 0 Å². The molecule has 0 unspecified atom stereocenters. The molecule has 100 valence electrons. The van der Waals surface area contributed by atoms with E-state index in [4.69, 9.17) is 4.74 Å². The number of para-hydroxylation sites is 1. The summed E-state index contributed by atoms with van der Waals surface area (Å²) in [6.07, 6.45) is 3.40. The van der Waals surface area contributed by atoms with Crippen molar-refractivity contribution in [2.45, 2.75) is 6.92 Å². The van der Waals surface area contributed by atoms with Gasteiger partial charge in [-0.05, 0) is 19.1 Å². The van der Waals surface area contributed by atoms with Crippen molar-refractivity contribution in [3.63, 3.8) is 0 Å². The Morgan fingerprint density at radius 1 is 1.05 bits per heavy atom. The van der Waals surface area contributed by atoms with E-state index in [0.717, 1.165) is 23.9 Å². The maximum atomic E-state index is 5.58. The van der Waals surface area contributed by atoms with E-state index < -0.39 is 0 Å². The first kappa shape index (κ1) is 13.1. The van der Waals surface area contributed by atoms with Crippen molar-refractivity contribution in [1.29, 1.82) is 0 Å². The minimum atomic E-state index is 0.580. The summed E-state index contributed by atoms with van der Waals surface area (Å²) in [5.41, 5.74) is 0. The lowest BCUT2D eigenvalue weighted by Crippen LogP contribution is -2.13. The van der Waals surface area contributed by atoms with Gasteiger partial charge in [0.1, 0.15) is 24.0 Å². The summed E-state index contributed by atoms with van der Waals surface area (Å²) in [4.78, 5) is 8.48. The molecule has 0 aliphatic rings. The predicted octanol–water partition coefficient (Wildman–Crippen LogP) is 2.40. The zero-order valence-electron chi connectivity index (χ0n) is 11.0. The highest BCUT2D eigenvalue weighted by atomic mass is 16.5. The molecule has 0 spiro atoms. The average Bonchev–Trinajstić information content (AvgIpc) is 2.46. The zero-order chi connectivity index (χ0) is 13.3. The van der Waals surface area contributed by atoms with Crippen LogP contribution in [0, 0.1) is 0 Å². The molecule has 0 amide bonds. The third-order valence-electron chi connectivity index (χ3n) is 2.41. The van der Waals surface area contributed by atoms with Crippen molar-refractivity contribution < 1.29 is 4.74 Å². The van der Waals surface area contributed by atoms with Gasteiger partial charge in [0.05, 0.1) is 18.9 Å². The van der Waals surface area contributed by atoms with Crippen LogP contribution in [0.4, 0.5) is 11.6 Å². The Labute approximate surface area is 113 Å². The molecule has 5 nitrogen and oxygen atoms in total. The largest absolute Gasteiger partial charge is 0.492 e. The van der Waals surface area contributed by atoms with Crippen molar-refractivity contribution in [3.8, 4) is 5.75 Å². The lowest BCUT2D eigenvalue weighted by molar-refractivity contribution is 0.333. The van der Waals surface area contributed by atoms with Gasteiger partial charge >= 0.3 is 0 Å². The molecule has 2 rings (SSSR count). The van der Waals surface area contributed by atoms with Crippen molar-refractivity contribution in [1.82, 2.24) is 9.97 Å². The third-order valence-corrected chi connectivity index (χ3v) is 2.41. The van der Waals surface area contributed by atoms with Crippen molar-refractivity contribution in [3.05, 3.63) is 42.7 Å². The fourth-order valence-corrected chi connectivity index (χ4v) is 1.58. The monoisotopic (exact) mass is 258 g/mol. The summed E-state index contributed by atoms with van der Waals surface area (Å²) in [5, 5.41) is 6.29. The van der Waals surface area contributed by atoms with Gasteiger partial charge in [0.25, 0.3) is 0 Å². The van der Waals surface area contributed by atoms with Crippen LogP contribution >= 0.6 is 0 Å². The third kappa shape index (κ3) is 4.46. The maximum Gasteiger partial charge on any atom is 0.147 e. The quantitative estimate of drug-likeness (QED) is 0.747. The van der Waals surface area contributed by atoms with E-state index in [2.05, 4.69) is 20.6 Å². The molecule has 0 fully saturated rings. The molecule has 1 aromatic heterocycles. The van der Waals surface area contributed by atoms with E-state index >= 15 is 0 Å². The first-order valence-electron chi connectivity index (χ1n) is 6.36. The molecule has 5 heteroatoms. The minimum absolute atomic E-state index is 0.580. The number of ether oxygens (including phenoxy) is 1. The van der Waals surface area contributed by atoms with Gasteiger partial charge in [-0.3, -0.25) is 4.98 Å². The van der Waals surface area contributed by atoms with Gasteiger partial charge in [-0.25, -0.2) is 4.98 Å². The van der Waals surface area contributed by atoms with Gasteiger partial charge in [0.2, 0.25) is 0 Å². The summed E-state index contributed by atoms with van der Waals surface area (Å²) in [6.45, 7) is 4.11. The molecule has 1 heterocycles. The number of hydrogen-bond donors (Lipinski definition) is 2. The number of nitrogens with one attached hydrogen (secondary N) is 2. The Kier molecular flexibility index (Phi) is 4.98. The molecule has 0 radical (unpaired) electrons. The van der Waals surface area contributed by atoms with Crippen LogP contribution in [-0.2, 0) is 0 Å². The van der Waals surface area contributed by atoms with Crippen LogP contribution in [0.5, 0.6) is 5.75 Å². The standard InChI is InChI=1S/C14H18N4O/c1-2-16-13-10-15-11-14(18-13)17-8-9-19-12-6-4-3-5-7-12/h3-7,10-11H,2,8-9H2,1H3,(H2,16,17,18). The van der Waals surface area contributed by atoms with E-state index in [1.807, 2.05) is 37.3 Å². The van der Waals surface area contributed by atoms with Crippen LogP contribution in [0.25, 0.3) is 0 Å². The van der Waals surface area contributed by atoms with E-state index in [-0.39, 0.29) is 0 Å². The molecule has 0 aliphatic carbocycles. The second kappa shape index (κ2) is 7.20. The van der Waals surface area contributed by atoms with Crippen LogP contribution < -0.4 is 15.4 Å². The van der Waals surface area contributed by atoms with Crippen molar-refractivity contribution in [2.75, 3.05) is 30.3 Å². The van der Waals surface area contributed by atoms with E-state index in [0.29, 0.717) is 13.2 Å². The second-order valence-corrected chi connectivity index (χ2v) is 3.91. The fraction of sp³-hybridized carbons (Fsp3) is 0.286. The lowest BCUT2D eigenvalue weighted by atomic mass is 10.3. The highest BCUT2D eigenvalue weighted by molar-refractivity contribution is 5.41. The van der Waals surface area contributed by atoms with Gasteiger partial charge in [-0.2, -0.15) is 0 Å². The van der Waals surface area contributed by atoms with Gasteiger partial charge in [0, 0.05) is 6.54 Å². The van der Waals surface area contributed by atoms with Crippen LogP contribution in [0.3, 0.4) is 0 Å². The maximum absolute atomic E-state index is 5.58. The normalized spacial score (nSPS) is 9.95. The molecule has 0 bridgehead atoms. The molecular weight excluding hydrogens is 240 g/mol. The smallest absolute Gasteiger partial charge is 0.147 e. The number of nitrogens with zero attached hydrogens (tertiary/aromatic N) is 2. The Morgan fingerprint density at radius 2 is 1.79 bits per heavy atom. The molecule has 1 aromatic carbocycles. The summed E-state index contributed by atoms with van der Waals surface area (Å²) in [6, 6.07) is 9.74. The molecule has 0 saturated carbocycles. The molecule has 0 saturated heterocycles. The highest BCUT2D eigenvalue weighted by Crippen LogP contribution is 2.08. The van der Waals surface area contributed by atoms with E-state index in [1.165, 1.54) is 0 Å². The summed E-state index contributed by atoms with van der Waals surface area (Å²) in [5.74, 6) is 2.39. The molecular formula is C14H18N4O. The molecule has 19 heavy (non-hydrogen) atoms. The van der Waals surface area contributed by atoms with Crippen LogP contribution in [-0.4, -0.2) is 29.7 Å². The van der Waals surface area contributed by atoms with Gasteiger partial charge in [0.15, 0.2) is 0 Å². The van der Waals surface area contributed by atoms with Crippen LogP contribution in [0.2, 0.25) is 0 Å². The number of benzene rings is 1. The fourth-order valence-electron chi connectivity index (χ4n) is 1.58. The summed E-state index contributed by atoms with van der Waals surface area (Å²) < 4.78 is 5.58. The molecule has 0 atom stereocenters. The van der Waals surface area contributed by atoms with Crippen LogP contribution in [0.1, 0.15) is 6.92 Å².